The van der Waals surface area contributed by atoms with Crippen molar-refractivity contribution in [3.05, 3.63) is 65.2 Å². The smallest absolute Gasteiger partial charge is 0.240 e. The molecule has 1 aliphatic rings. The molecule has 2 aromatic carbocycles. The average molecular weight is 474 g/mol. The summed E-state index contributed by atoms with van der Waals surface area (Å²) in [5, 5.41) is 4.25. The number of nitrogens with two attached hydrogens (primary N) is 1. The third-order valence-corrected chi connectivity index (χ3v) is 6.23. The molecule has 0 bridgehead atoms. The van der Waals surface area contributed by atoms with Gasteiger partial charge in [-0.1, -0.05) is 17.7 Å². The normalized spacial score (nSPS) is 13.5. The maximum Gasteiger partial charge on any atom is 0.240 e. The van der Waals surface area contributed by atoms with E-state index in [2.05, 4.69) is 19.9 Å². The molecule has 5 aromatic rings. The number of fused-ring (bicyclic) bond motifs is 3. The van der Waals surface area contributed by atoms with Crippen molar-refractivity contribution in [2.75, 3.05) is 5.73 Å². The van der Waals surface area contributed by atoms with E-state index in [0.29, 0.717) is 28.1 Å². The molecule has 0 spiro atoms. The van der Waals surface area contributed by atoms with Crippen molar-refractivity contribution in [1.29, 1.82) is 0 Å². The summed E-state index contributed by atoms with van der Waals surface area (Å²) < 4.78 is 24.7. The van der Waals surface area contributed by atoms with E-state index in [9.17, 15) is 0 Å². The van der Waals surface area contributed by atoms with Crippen molar-refractivity contribution in [3.63, 3.8) is 0 Å². The highest BCUT2D eigenvalue weighted by Gasteiger charge is 2.30. The van der Waals surface area contributed by atoms with Gasteiger partial charge in [0.2, 0.25) is 5.69 Å². The molecule has 1 fully saturated rings. The number of imidazole rings is 1. The fraction of sp³-hybridized carbons (Fsp3) is 0.167. The van der Waals surface area contributed by atoms with Crippen molar-refractivity contribution in [2.24, 2.45) is 7.05 Å². The number of hydrogen-bond acceptors (Lipinski definition) is 5. The minimum absolute atomic E-state index is 0.0259. The van der Waals surface area contributed by atoms with Crippen molar-refractivity contribution >= 4 is 39.7 Å². The summed E-state index contributed by atoms with van der Waals surface area (Å²) >= 11 is 6.24. The van der Waals surface area contributed by atoms with Crippen LogP contribution in [0.15, 0.2) is 43.0 Å². The number of aromatic nitrogens is 5. The van der Waals surface area contributed by atoms with E-state index >= 15 is 4.39 Å². The quantitative estimate of drug-likeness (QED) is 0.352. The lowest BCUT2D eigenvalue weighted by atomic mass is 9.99. The van der Waals surface area contributed by atoms with E-state index in [1.807, 2.05) is 22.6 Å². The molecule has 34 heavy (non-hydrogen) atoms. The highest BCUT2D eigenvalue weighted by Crippen LogP contribution is 2.47. The Hall–Kier alpha value is -4.16. The fourth-order valence-electron chi connectivity index (χ4n) is 4.17. The largest absolute Gasteiger partial charge is 0.501 e. The predicted octanol–water partition coefficient (Wildman–Crippen LogP) is 5.42. The van der Waals surface area contributed by atoms with E-state index < -0.39 is 5.82 Å². The van der Waals surface area contributed by atoms with Crippen LogP contribution in [0.3, 0.4) is 0 Å². The van der Waals surface area contributed by atoms with Gasteiger partial charge in [-0.3, -0.25) is 9.08 Å². The summed E-state index contributed by atoms with van der Waals surface area (Å²) in [4.78, 5) is 12.3. The van der Waals surface area contributed by atoms with Gasteiger partial charge in [0.25, 0.3) is 0 Å². The van der Waals surface area contributed by atoms with Gasteiger partial charge in [-0.25, -0.2) is 19.2 Å². The molecule has 1 saturated carbocycles. The van der Waals surface area contributed by atoms with Gasteiger partial charge in [-0.15, -0.1) is 0 Å². The zero-order chi connectivity index (χ0) is 23.6. The minimum atomic E-state index is -0.691. The Balaban J connectivity index is 1.58. The number of nitrogens with zero attached hydrogens (tertiary/aromatic N) is 6. The van der Waals surface area contributed by atoms with Gasteiger partial charge < -0.3 is 10.5 Å². The van der Waals surface area contributed by atoms with Crippen LogP contribution in [0.25, 0.3) is 43.8 Å². The molecule has 168 valence electrons. The minimum Gasteiger partial charge on any atom is -0.501 e. The Kier molecular flexibility index (Phi) is 4.47. The van der Waals surface area contributed by atoms with E-state index in [0.717, 1.165) is 23.9 Å². The van der Waals surface area contributed by atoms with Crippen molar-refractivity contribution in [3.8, 4) is 28.1 Å². The number of rotatable bonds is 4. The first-order chi connectivity index (χ1) is 16.5. The second kappa shape index (κ2) is 7.43. The number of benzene rings is 2. The standard InChI is InChI=1S/C24H17ClFN7O/c1-28-22-19(34-13-4-5-13)8-15(25)21(26)20(22)23-14(9-30-32(23)2)12-3-6-17-16(7-12)31-24(27)18-10-29-11-33(17)18/h3,6-11,13H,4-5H2,2H3,(H2,27,31). The molecule has 0 radical (unpaired) electrons. The number of anilines is 1. The Morgan fingerprint density at radius 3 is 2.82 bits per heavy atom. The number of aryl methyl sites for hydroxylation is 1. The van der Waals surface area contributed by atoms with E-state index in [1.165, 1.54) is 10.7 Å². The van der Waals surface area contributed by atoms with Gasteiger partial charge in [-0.2, -0.15) is 5.10 Å². The van der Waals surface area contributed by atoms with Crippen LogP contribution in [-0.4, -0.2) is 30.3 Å². The Morgan fingerprint density at radius 1 is 1.24 bits per heavy atom. The molecule has 1 aliphatic carbocycles. The van der Waals surface area contributed by atoms with E-state index in [1.54, 1.807) is 25.8 Å². The third kappa shape index (κ3) is 3.07. The maximum atomic E-state index is 15.5. The van der Waals surface area contributed by atoms with Gasteiger partial charge in [0, 0.05) is 18.2 Å². The summed E-state index contributed by atoms with van der Waals surface area (Å²) in [6, 6.07) is 7.02. The van der Waals surface area contributed by atoms with Crippen molar-refractivity contribution in [1.82, 2.24) is 24.1 Å². The first kappa shape index (κ1) is 20.4. The van der Waals surface area contributed by atoms with Crippen LogP contribution < -0.4 is 10.5 Å². The first-order valence-electron chi connectivity index (χ1n) is 10.6. The van der Waals surface area contributed by atoms with E-state index in [-0.39, 0.29) is 28.1 Å². The average Bonchev–Trinajstić information content (AvgIpc) is 3.34. The molecule has 0 atom stereocenters. The first-order valence-corrected chi connectivity index (χ1v) is 10.9. The third-order valence-electron chi connectivity index (χ3n) is 5.95. The molecule has 8 nitrogen and oxygen atoms in total. The number of halogens is 2. The Bertz CT molecular complexity index is 1660. The lowest BCUT2D eigenvalue weighted by Crippen LogP contribution is -2.02. The SMILES string of the molecule is [C-]#[N+]c1c(OC2CC2)cc(Cl)c(F)c1-c1c(-c2ccc3c(c2)nc(N)c2cncn23)cnn1C. The molecule has 10 heteroatoms. The molecular weight excluding hydrogens is 457 g/mol. The van der Waals surface area contributed by atoms with Crippen LogP contribution in [-0.2, 0) is 7.05 Å². The molecule has 6 rings (SSSR count). The molecular formula is C24H17ClFN7O. The second-order valence-electron chi connectivity index (χ2n) is 8.20. The van der Waals surface area contributed by atoms with Gasteiger partial charge in [0.15, 0.2) is 0 Å². The predicted molar refractivity (Wildman–Crippen MR) is 127 cm³/mol. The number of hydrogen-bond donors (Lipinski definition) is 1. The van der Waals surface area contributed by atoms with Gasteiger partial charge in [0.05, 0.1) is 53.1 Å². The zero-order valence-electron chi connectivity index (χ0n) is 18.0. The molecule has 0 saturated heterocycles. The summed E-state index contributed by atoms with van der Waals surface area (Å²) in [6.07, 6.45) is 6.79. The van der Waals surface area contributed by atoms with Crippen LogP contribution in [0.5, 0.6) is 5.75 Å². The monoisotopic (exact) mass is 473 g/mol. The van der Waals surface area contributed by atoms with Crippen molar-refractivity contribution in [2.45, 2.75) is 18.9 Å². The molecule has 3 aromatic heterocycles. The zero-order valence-corrected chi connectivity index (χ0v) is 18.7. The van der Waals surface area contributed by atoms with Crippen LogP contribution in [0, 0.1) is 12.4 Å². The van der Waals surface area contributed by atoms with Crippen LogP contribution in [0.1, 0.15) is 12.8 Å². The topological polar surface area (TPSA) is 87.6 Å². The summed E-state index contributed by atoms with van der Waals surface area (Å²) in [5.41, 5.74) is 10.2. The molecule has 0 amide bonds. The Labute approximate surface area is 198 Å². The molecule has 3 heterocycles. The van der Waals surface area contributed by atoms with Gasteiger partial charge in [-0.05, 0) is 36.6 Å². The number of nitrogen functional groups attached to an aromatic ring is 1. The highest BCUT2D eigenvalue weighted by atomic mass is 35.5. The number of ether oxygens (including phenoxy) is 1. The van der Waals surface area contributed by atoms with Gasteiger partial charge in [0.1, 0.15) is 22.9 Å². The summed E-state index contributed by atoms with van der Waals surface area (Å²) in [7, 11) is 1.70. The molecule has 2 N–H and O–H groups in total. The maximum absolute atomic E-state index is 15.5. The highest BCUT2D eigenvalue weighted by molar-refractivity contribution is 6.31. The van der Waals surface area contributed by atoms with Gasteiger partial charge >= 0.3 is 0 Å². The van der Waals surface area contributed by atoms with Crippen molar-refractivity contribution < 1.29 is 9.13 Å². The lowest BCUT2D eigenvalue weighted by molar-refractivity contribution is 0.305. The lowest BCUT2D eigenvalue weighted by Gasteiger charge is -2.15. The second-order valence-corrected chi connectivity index (χ2v) is 8.61. The summed E-state index contributed by atoms with van der Waals surface area (Å²) in [5.74, 6) is -0.0583. The fourth-order valence-corrected chi connectivity index (χ4v) is 4.36. The summed E-state index contributed by atoms with van der Waals surface area (Å²) in [6.45, 7) is 7.77. The Morgan fingerprint density at radius 2 is 2.06 bits per heavy atom. The molecule has 0 aliphatic heterocycles. The van der Waals surface area contributed by atoms with Crippen LogP contribution in [0.2, 0.25) is 5.02 Å². The van der Waals surface area contributed by atoms with E-state index in [4.69, 9.17) is 28.6 Å². The van der Waals surface area contributed by atoms with Crippen LogP contribution in [0.4, 0.5) is 15.9 Å². The molecule has 0 unspecified atom stereocenters. The van der Waals surface area contributed by atoms with Crippen LogP contribution >= 0.6 is 11.6 Å².